The van der Waals surface area contributed by atoms with Gasteiger partial charge in [0.25, 0.3) is 0 Å². The van der Waals surface area contributed by atoms with Crippen LogP contribution in [0.1, 0.15) is 68.8 Å². The number of nitrogens with zero attached hydrogens (tertiary/aromatic N) is 3. The lowest BCUT2D eigenvalue weighted by Crippen LogP contribution is -2.81. The Labute approximate surface area is 349 Å². The van der Waals surface area contributed by atoms with Crippen molar-refractivity contribution >= 4 is 40.9 Å². The zero-order chi connectivity index (χ0) is 42.1. The van der Waals surface area contributed by atoms with Crippen molar-refractivity contribution in [3.63, 3.8) is 0 Å². The first-order chi connectivity index (χ1) is 28.9. The molecule has 11 atom stereocenters. The zero-order valence-electron chi connectivity index (χ0n) is 35.1. The Morgan fingerprint density at radius 1 is 1.02 bits per heavy atom. The number of aromatic nitrogens is 1. The molecule has 4 fully saturated rings. The van der Waals surface area contributed by atoms with Crippen molar-refractivity contribution in [2.45, 2.75) is 99.2 Å². The number of methoxy groups -OCH3 is 3. The molecule has 14 nitrogen and oxygen atoms in total. The van der Waals surface area contributed by atoms with Crippen LogP contribution >= 0.6 is 0 Å². The minimum atomic E-state index is -2.52. The lowest BCUT2D eigenvalue weighted by atomic mass is 9.47. The Bertz CT molecular complexity index is 2360. The number of para-hydroxylation sites is 1. The van der Waals surface area contributed by atoms with Gasteiger partial charge in [-0.25, -0.2) is 4.79 Å². The number of piperidine rings is 1. The fourth-order valence-corrected chi connectivity index (χ4v) is 13.7. The molecule has 3 saturated heterocycles. The molecule has 1 amide bonds. The molecule has 60 heavy (non-hydrogen) atoms. The van der Waals surface area contributed by atoms with E-state index in [1.54, 1.807) is 13.2 Å². The number of benzene rings is 2. The monoisotopic (exact) mass is 822 g/mol. The molecule has 1 spiro atoms. The van der Waals surface area contributed by atoms with E-state index < -0.39 is 57.9 Å². The van der Waals surface area contributed by atoms with Gasteiger partial charge in [-0.1, -0.05) is 44.2 Å². The van der Waals surface area contributed by atoms with Crippen molar-refractivity contribution in [3.05, 3.63) is 70.9 Å². The molecule has 2 N–H and O–H groups in total. The maximum Gasteiger partial charge on any atom is 0.344 e. The molecule has 6 aliphatic heterocycles. The highest BCUT2D eigenvalue weighted by Gasteiger charge is 2.81. The van der Waals surface area contributed by atoms with Crippen LogP contribution in [0.4, 0.5) is 5.69 Å². The van der Waals surface area contributed by atoms with Crippen molar-refractivity contribution < 1.29 is 48.0 Å². The third-order valence-corrected chi connectivity index (χ3v) is 15.9. The van der Waals surface area contributed by atoms with Gasteiger partial charge in [0.05, 0.1) is 39.2 Å². The van der Waals surface area contributed by atoms with Crippen LogP contribution in [-0.4, -0.2) is 134 Å². The summed E-state index contributed by atoms with van der Waals surface area (Å²) in [5.74, 6) is -1.87. The Hall–Kier alpha value is -4.76. The van der Waals surface area contributed by atoms with Crippen LogP contribution in [0.25, 0.3) is 10.9 Å². The number of rotatable bonds is 8. The van der Waals surface area contributed by atoms with E-state index in [-0.39, 0.29) is 17.6 Å². The third kappa shape index (κ3) is 4.73. The fourth-order valence-electron chi connectivity index (χ4n) is 13.7. The number of fused-ring (bicyclic) bond motifs is 8. The first-order valence-electron chi connectivity index (χ1n) is 21.3. The first-order valence-corrected chi connectivity index (χ1v) is 21.3. The van der Waals surface area contributed by atoms with Crippen LogP contribution in [0, 0.1) is 11.3 Å². The van der Waals surface area contributed by atoms with E-state index in [4.69, 9.17) is 23.7 Å². The summed E-state index contributed by atoms with van der Waals surface area (Å²) in [6.45, 7) is 8.86. The molecule has 7 heterocycles. The number of amides is 1. The highest BCUT2D eigenvalue weighted by molar-refractivity contribution is 5.96. The number of aromatic amines is 1. The largest absolute Gasteiger partial charge is 0.496 e. The number of carbonyl (C=O) groups excluding carboxylic acids is 4. The van der Waals surface area contributed by atoms with E-state index in [0.29, 0.717) is 67.7 Å². The van der Waals surface area contributed by atoms with Gasteiger partial charge in [-0.15, -0.1) is 0 Å². The Balaban J connectivity index is 1.29. The number of carbonyl (C=O) groups is 4. The van der Waals surface area contributed by atoms with Gasteiger partial charge in [0.2, 0.25) is 12.0 Å². The number of esters is 3. The van der Waals surface area contributed by atoms with Crippen LogP contribution < -0.4 is 9.64 Å². The molecular formula is C46H54N4O10. The maximum atomic E-state index is 15.4. The second-order valence-electron chi connectivity index (χ2n) is 18.2. The number of hydrogen-bond acceptors (Lipinski definition) is 12. The topological polar surface area (TPSA) is 163 Å². The quantitative estimate of drug-likeness (QED) is 0.112. The average Bonchev–Trinajstić information content (AvgIpc) is 3.53. The predicted octanol–water partition coefficient (Wildman–Crippen LogP) is 3.53. The molecule has 1 saturated carbocycles. The number of hydrogen-bond donors (Lipinski definition) is 2. The molecule has 318 valence electrons. The summed E-state index contributed by atoms with van der Waals surface area (Å²) >= 11 is 0. The van der Waals surface area contributed by atoms with Crippen LogP contribution in [0.2, 0.25) is 0 Å². The molecule has 10 rings (SSSR count). The fraction of sp³-hybridized carbons (Fsp3) is 0.565. The van der Waals surface area contributed by atoms with E-state index >= 15 is 4.79 Å². The summed E-state index contributed by atoms with van der Waals surface area (Å²) in [5, 5.41) is 14.3. The van der Waals surface area contributed by atoms with Crippen LogP contribution in [0.5, 0.6) is 5.75 Å². The minimum Gasteiger partial charge on any atom is -0.496 e. The third-order valence-electron chi connectivity index (χ3n) is 15.9. The number of ether oxygens (including phenoxy) is 5. The van der Waals surface area contributed by atoms with Crippen LogP contribution in [-0.2, 0) is 55.4 Å². The number of anilines is 1. The van der Waals surface area contributed by atoms with Crippen molar-refractivity contribution in [2.24, 2.45) is 11.3 Å². The Morgan fingerprint density at radius 3 is 2.50 bits per heavy atom. The van der Waals surface area contributed by atoms with Gasteiger partial charge < -0.3 is 38.7 Å². The van der Waals surface area contributed by atoms with Crippen molar-refractivity contribution in [3.8, 4) is 5.75 Å². The lowest BCUT2D eigenvalue weighted by molar-refractivity contribution is -0.228. The van der Waals surface area contributed by atoms with Crippen LogP contribution in [0.3, 0.4) is 0 Å². The predicted molar refractivity (Wildman–Crippen MR) is 219 cm³/mol. The summed E-state index contributed by atoms with van der Waals surface area (Å²) in [6, 6.07) is 10.2. The number of aliphatic hydroxyl groups is 1. The van der Waals surface area contributed by atoms with E-state index in [2.05, 4.69) is 27.8 Å². The van der Waals surface area contributed by atoms with Gasteiger partial charge in [-0.05, 0) is 61.9 Å². The summed E-state index contributed by atoms with van der Waals surface area (Å²) in [5.41, 5.74) is -2.15. The van der Waals surface area contributed by atoms with E-state index in [1.165, 1.54) is 26.0 Å². The van der Waals surface area contributed by atoms with Gasteiger partial charge in [-0.2, -0.15) is 0 Å². The van der Waals surface area contributed by atoms with Crippen LogP contribution in [0.15, 0.2) is 48.6 Å². The molecule has 14 heteroatoms. The van der Waals surface area contributed by atoms with Crippen molar-refractivity contribution in [2.75, 3.05) is 59.0 Å². The standard InChI is InChI=1S/C46H54N4O10/c1-7-42-15-11-17-49-19-16-44(37(42)49)30-20-31(34(56-4)21-33(30)50(25-51)38(44)46(55,41(54)58-6)39(42)59-26(3)52)45(40(53)57-5)22-27-23-48(24-43(8-2)36(27)60-43)18-14-29-28-12-9-10-13-32(28)47-35(29)45/h9-13,15,20-21,25,27,36-39,47,55H,7-8,14,16-19,22-24H2,1-6H3/t27-,36-,37?,38+,39+,42+,43+,44+,45-,46-/m0/s1. The normalized spacial score (nSPS) is 38.2. The van der Waals surface area contributed by atoms with Gasteiger partial charge >= 0.3 is 17.9 Å². The number of H-pyrrole nitrogens is 1. The SMILES string of the molecule is CC[C@@]12CN3CCc4c([nH]c5ccccc45)[C@@](C(=O)OC)(c4cc5c(cc4OC)N(C=O)[C@H]4[C@@](O)(C(=O)OC)[C@H](OC(C)=O)[C@]6(CC)C=CCN7CC[C@]54C76)C[C@@H](C3)[C@@H]1O2. The van der Waals surface area contributed by atoms with Crippen molar-refractivity contribution in [1.29, 1.82) is 0 Å². The number of nitrogens with one attached hydrogen (secondary N) is 1. The molecule has 2 aromatic carbocycles. The van der Waals surface area contributed by atoms with Gasteiger partial charge in [-0.3, -0.25) is 24.2 Å². The molecule has 3 aromatic rings. The zero-order valence-corrected chi connectivity index (χ0v) is 35.1. The minimum absolute atomic E-state index is 0.0585. The van der Waals surface area contributed by atoms with E-state index in [0.717, 1.165) is 48.2 Å². The van der Waals surface area contributed by atoms with Gasteiger partial charge in [0.1, 0.15) is 16.8 Å². The van der Waals surface area contributed by atoms with E-state index in [9.17, 15) is 19.5 Å². The average molecular weight is 823 g/mol. The molecule has 0 radical (unpaired) electrons. The lowest BCUT2D eigenvalue weighted by Gasteiger charge is -2.63. The highest BCUT2D eigenvalue weighted by atomic mass is 16.6. The molecule has 1 aromatic heterocycles. The maximum absolute atomic E-state index is 15.4. The van der Waals surface area contributed by atoms with Gasteiger partial charge in [0, 0.05) is 84.1 Å². The Morgan fingerprint density at radius 2 is 1.80 bits per heavy atom. The Kier molecular flexibility index (Phi) is 8.77. The smallest absolute Gasteiger partial charge is 0.344 e. The van der Waals surface area contributed by atoms with Gasteiger partial charge in [0.15, 0.2) is 6.10 Å². The molecule has 7 aliphatic rings. The first kappa shape index (κ1) is 39.4. The highest BCUT2D eigenvalue weighted by Crippen LogP contribution is 2.68. The number of epoxide rings is 1. The second-order valence-corrected chi connectivity index (χ2v) is 18.2. The summed E-state index contributed by atoms with van der Waals surface area (Å²) < 4.78 is 30.4. The molecule has 2 unspecified atom stereocenters. The summed E-state index contributed by atoms with van der Waals surface area (Å²) in [4.78, 5) is 66.5. The summed E-state index contributed by atoms with van der Waals surface area (Å²) in [6.07, 6.45) is 5.84. The van der Waals surface area contributed by atoms with E-state index in [1.807, 2.05) is 43.3 Å². The molecule has 2 bridgehead atoms. The summed E-state index contributed by atoms with van der Waals surface area (Å²) in [7, 11) is 4.15. The van der Waals surface area contributed by atoms with Crippen molar-refractivity contribution in [1.82, 2.24) is 14.8 Å². The molecule has 1 aliphatic carbocycles. The molecular weight excluding hydrogens is 769 g/mol. The second kappa shape index (κ2) is 13.4.